The number of hydrogen-bond acceptors (Lipinski definition) is 6. The second-order valence-electron chi connectivity index (χ2n) is 7.04. The Morgan fingerprint density at radius 1 is 1.07 bits per heavy atom. The number of ether oxygens (including phenoxy) is 3. The molecule has 9 heteroatoms. The molecule has 30 heavy (non-hydrogen) atoms. The zero-order chi connectivity index (χ0) is 22.1. The fourth-order valence-corrected chi connectivity index (χ4v) is 3.17. The number of nitrogens with zero attached hydrogens (tertiary/aromatic N) is 1. The summed E-state index contributed by atoms with van der Waals surface area (Å²) < 4.78 is 32.1. The molecule has 0 bridgehead atoms. The fraction of sp³-hybridized carbons (Fsp3) is 0.429. The van der Waals surface area contributed by atoms with E-state index in [2.05, 4.69) is 10.6 Å². The summed E-state index contributed by atoms with van der Waals surface area (Å²) in [6.07, 6.45) is 0.619. The molecular weight excluding hydrogens is 409 g/mol. The summed E-state index contributed by atoms with van der Waals surface area (Å²) in [5, 5.41) is 0. The Morgan fingerprint density at radius 2 is 1.80 bits per heavy atom. The third-order valence-electron chi connectivity index (χ3n) is 4.50. The molecule has 0 aliphatic heterocycles. The third kappa shape index (κ3) is 8.07. The van der Waals surface area contributed by atoms with Gasteiger partial charge in [-0.25, -0.2) is 4.57 Å². The molecule has 8 nitrogen and oxygen atoms in total. The Bertz CT molecular complexity index is 840. The lowest BCUT2D eigenvalue weighted by Gasteiger charge is -2.31. The number of likely N-dealkylation sites (N-methyl/N-ethyl adjacent to an activating group) is 1. The van der Waals surface area contributed by atoms with Crippen LogP contribution in [0.15, 0.2) is 48.5 Å². The minimum absolute atomic E-state index is 0.483. The molecule has 166 valence electrons. The molecule has 2 aromatic carbocycles. The van der Waals surface area contributed by atoms with E-state index in [9.17, 15) is 4.57 Å². The molecule has 0 aliphatic rings. The van der Waals surface area contributed by atoms with E-state index in [1.807, 2.05) is 61.5 Å². The first-order chi connectivity index (χ1) is 14.2. The van der Waals surface area contributed by atoms with Crippen molar-refractivity contribution < 1.29 is 33.1 Å². The summed E-state index contributed by atoms with van der Waals surface area (Å²) in [5.41, 5.74) is 2.21. The number of phosphoric acid groups is 1. The molecule has 0 saturated heterocycles. The lowest BCUT2D eigenvalue weighted by Crippen LogP contribution is -2.43. The predicted octanol–water partition coefficient (Wildman–Crippen LogP) is 3.22. The molecule has 0 aliphatic carbocycles. The van der Waals surface area contributed by atoms with Gasteiger partial charge in [0.1, 0.15) is 17.6 Å². The second kappa shape index (κ2) is 11.5. The normalized spacial score (nSPS) is 13.8. The molecule has 0 fully saturated rings. The zero-order valence-electron chi connectivity index (χ0n) is 17.7. The van der Waals surface area contributed by atoms with E-state index in [1.54, 1.807) is 14.0 Å². The van der Waals surface area contributed by atoms with Crippen molar-refractivity contribution in [3.05, 3.63) is 59.7 Å². The Labute approximate surface area is 177 Å². The van der Waals surface area contributed by atoms with E-state index < -0.39 is 26.9 Å². The van der Waals surface area contributed by atoms with Crippen LogP contribution in [0.25, 0.3) is 0 Å². The number of benzene rings is 2. The van der Waals surface area contributed by atoms with Crippen molar-refractivity contribution in [2.45, 2.75) is 32.1 Å². The number of rotatable bonds is 12. The highest BCUT2D eigenvalue weighted by Crippen LogP contribution is 2.35. The van der Waals surface area contributed by atoms with Gasteiger partial charge in [0, 0.05) is 0 Å². The molecule has 0 saturated carbocycles. The molecule has 0 radical (unpaired) electrons. The fourth-order valence-electron chi connectivity index (χ4n) is 2.97. The van der Waals surface area contributed by atoms with E-state index >= 15 is 0 Å². The van der Waals surface area contributed by atoms with Gasteiger partial charge < -0.3 is 24.0 Å². The van der Waals surface area contributed by atoms with E-state index in [1.165, 1.54) is 5.56 Å². The molecule has 2 N–H and O–H groups in total. The van der Waals surface area contributed by atoms with Crippen LogP contribution in [0.5, 0.6) is 11.5 Å². The standard InChI is InChI=1S/C21H30NO7P/c1-16(27-15-28-30(23,24)25)21(22(2)3)29-20-11-6-5-9-18(20)13-12-17-8-7-10-19(14-17)26-4/h5-11,14,16,21H,12-13,15H2,1-4H3,(H2,23,24,25)/t16?,21-/m0/s1. The molecule has 0 aromatic heterocycles. The van der Waals surface area contributed by atoms with Crippen molar-refractivity contribution in [1.82, 2.24) is 4.90 Å². The number of para-hydroxylation sites is 1. The lowest BCUT2D eigenvalue weighted by molar-refractivity contribution is -0.114. The van der Waals surface area contributed by atoms with Gasteiger partial charge in [0.2, 0.25) is 0 Å². The van der Waals surface area contributed by atoms with Gasteiger partial charge in [-0.15, -0.1) is 0 Å². The van der Waals surface area contributed by atoms with Crippen molar-refractivity contribution in [3.8, 4) is 11.5 Å². The lowest BCUT2D eigenvalue weighted by atomic mass is 10.0. The van der Waals surface area contributed by atoms with Gasteiger partial charge >= 0.3 is 7.82 Å². The Balaban J connectivity index is 2.05. The minimum atomic E-state index is -4.58. The van der Waals surface area contributed by atoms with Crippen molar-refractivity contribution in [2.75, 3.05) is 28.0 Å². The van der Waals surface area contributed by atoms with Crippen molar-refractivity contribution >= 4 is 7.82 Å². The maximum atomic E-state index is 10.8. The summed E-state index contributed by atoms with van der Waals surface area (Å²) >= 11 is 0. The summed E-state index contributed by atoms with van der Waals surface area (Å²) in [6.45, 7) is 1.23. The van der Waals surface area contributed by atoms with E-state index in [0.717, 1.165) is 29.9 Å². The summed E-state index contributed by atoms with van der Waals surface area (Å²) in [5.74, 6) is 1.55. The van der Waals surface area contributed by atoms with Crippen molar-refractivity contribution in [2.24, 2.45) is 0 Å². The van der Waals surface area contributed by atoms with Crippen LogP contribution in [0.3, 0.4) is 0 Å². The SMILES string of the molecule is COc1cccc(CCc2ccccc2O[C@@H](C(C)OCOP(=O)(O)O)N(C)C)c1. The van der Waals surface area contributed by atoms with Crippen LogP contribution in [-0.4, -0.2) is 55.0 Å². The van der Waals surface area contributed by atoms with Crippen molar-refractivity contribution in [3.63, 3.8) is 0 Å². The monoisotopic (exact) mass is 439 g/mol. The summed E-state index contributed by atoms with van der Waals surface area (Å²) in [4.78, 5) is 19.4. The summed E-state index contributed by atoms with van der Waals surface area (Å²) in [6, 6.07) is 15.7. The third-order valence-corrected chi connectivity index (χ3v) is 4.94. The Morgan fingerprint density at radius 3 is 2.47 bits per heavy atom. The average Bonchev–Trinajstić information content (AvgIpc) is 2.70. The van der Waals surface area contributed by atoms with Crippen LogP contribution in [-0.2, 0) is 26.7 Å². The van der Waals surface area contributed by atoms with Gasteiger partial charge in [0.15, 0.2) is 13.0 Å². The topological polar surface area (TPSA) is 97.7 Å². The summed E-state index contributed by atoms with van der Waals surface area (Å²) in [7, 11) is 0.749. The number of methoxy groups -OCH3 is 1. The highest BCUT2D eigenvalue weighted by Gasteiger charge is 2.24. The van der Waals surface area contributed by atoms with E-state index in [0.29, 0.717) is 0 Å². The molecule has 0 heterocycles. The molecule has 1 unspecified atom stereocenters. The first-order valence-electron chi connectivity index (χ1n) is 9.55. The first kappa shape index (κ1) is 24.3. The largest absolute Gasteiger partial charge is 0.497 e. The number of phosphoric ester groups is 1. The van der Waals surface area contributed by atoms with Crippen LogP contribution in [0.1, 0.15) is 18.1 Å². The molecular formula is C21H30NO7P. The van der Waals surface area contributed by atoms with Crippen LogP contribution in [0.4, 0.5) is 0 Å². The molecule has 0 amide bonds. The van der Waals surface area contributed by atoms with Gasteiger partial charge in [-0.1, -0.05) is 30.3 Å². The molecule has 2 aromatic rings. The minimum Gasteiger partial charge on any atom is -0.497 e. The van der Waals surface area contributed by atoms with Crippen LogP contribution < -0.4 is 9.47 Å². The number of aryl methyl sites for hydroxylation is 2. The van der Waals surface area contributed by atoms with Crippen LogP contribution in [0, 0.1) is 0 Å². The Hall–Kier alpha value is -1.93. The second-order valence-corrected chi connectivity index (χ2v) is 8.28. The highest BCUT2D eigenvalue weighted by molar-refractivity contribution is 7.46. The van der Waals surface area contributed by atoms with Gasteiger partial charge in [0.05, 0.1) is 7.11 Å². The molecule has 2 atom stereocenters. The smallest absolute Gasteiger partial charge is 0.471 e. The van der Waals surface area contributed by atoms with Gasteiger partial charge in [-0.05, 0) is 63.2 Å². The average molecular weight is 439 g/mol. The van der Waals surface area contributed by atoms with E-state index in [-0.39, 0.29) is 0 Å². The number of hydrogen-bond donors (Lipinski definition) is 2. The van der Waals surface area contributed by atoms with Gasteiger partial charge in [0.25, 0.3) is 0 Å². The zero-order valence-corrected chi connectivity index (χ0v) is 18.6. The van der Waals surface area contributed by atoms with Crippen LogP contribution in [0.2, 0.25) is 0 Å². The highest BCUT2D eigenvalue weighted by atomic mass is 31.2. The first-order valence-corrected chi connectivity index (χ1v) is 11.1. The quantitative estimate of drug-likeness (QED) is 0.384. The maximum Gasteiger partial charge on any atom is 0.471 e. The molecule has 2 rings (SSSR count). The van der Waals surface area contributed by atoms with Crippen molar-refractivity contribution in [1.29, 1.82) is 0 Å². The molecule has 0 spiro atoms. The maximum absolute atomic E-state index is 10.8. The predicted molar refractivity (Wildman–Crippen MR) is 113 cm³/mol. The van der Waals surface area contributed by atoms with E-state index in [4.69, 9.17) is 24.0 Å². The van der Waals surface area contributed by atoms with Gasteiger partial charge in [-0.3, -0.25) is 9.42 Å². The van der Waals surface area contributed by atoms with Crippen LogP contribution >= 0.6 is 7.82 Å². The van der Waals surface area contributed by atoms with Gasteiger partial charge in [-0.2, -0.15) is 0 Å². The Kier molecular flexibility index (Phi) is 9.30.